The molecule has 560 valence electrons. The summed E-state index contributed by atoms with van der Waals surface area (Å²) in [6.07, 6.45) is 12.5. The second-order valence-electron chi connectivity index (χ2n) is 28.7. The minimum absolute atomic E-state index is 0.211. The van der Waals surface area contributed by atoms with Gasteiger partial charge >= 0.3 is 0 Å². The summed E-state index contributed by atoms with van der Waals surface area (Å²) in [6, 6.07) is 70.9. The molecule has 4 N–H and O–H groups in total. The van der Waals surface area contributed by atoms with Crippen molar-refractivity contribution in [3.8, 4) is 0 Å². The van der Waals surface area contributed by atoms with Crippen molar-refractivity contribution in [2.24, 2.45) is 21.7 Å². The van der Waals surface area contributed by atoms with Gasteiger partial charge in [0.05, 0.1) is 70.4 Å². The zero-order valence-electron chi connectivity index (χ0n) is 62.2. The van der Waals surface area contributed by atoms with Crippen LogP contribution in [0, 0.1) is 21.7 Å². The molecule has 16 heteroatoms. The highest BCUT2D eigenvalue weighted by atomic mass is 32.2. The van der Waals surface area contributed by atoms with Crippen molar-refractivity contribution >= 4 is 44.3 Å². The highest BCUT2D eigenvalue weighted by molar-refractivity contribution is 7.81. The molecule has 12 rings (SSSR count). The summed E-state index contributed by atoms with van der Waals surface area (Å²) in [5.41, 5.74) is 6.22. The third-order valence-corrected chi connectivity index (χ3v) is 27.1. The number of unbranched alkanes of at least 4 members (excludes halogenated alkanes) is 4. The van der Waals surface area contributed by atoms with E-state index in [0.717, 1.165) is 147 Å². The fraction of sp³-hybridized carbons (Fsp3) is 0.455. The summed E-state index contributed by atoms with van der Waals surface area (Å²) in [5.74, 6) is -0.844. The Labute approximate surface area is 630 Å². The summed E-state index contributed by atoms with van der Waals surface area (Å²) < 4.78 is 74.4. The van der Waals surface area contributed by atoms with Crippen molar-refractivity contribution in [3.05, 3.63) is 263 Å². The molecule has 0 saturated heterocycles. The Bertz CT molecular complexity index is 3500. The maximum atomic E-state index is 12.8. The zero-order chi connectivity index (χ0) is 74.3. The second-order valence-corrected chi connectivity index (χ2v) is 33.3. The number of aliphatic hydroxyl groups is 4. The first kappa shape index (κ1) is 82.1. The van der Waals surface area contributed by atoms with Gasteiger partial charge in [-0.2, -0.15) is 0 Å². The monoisotopic (exact) mass is 1490 g/mol. The molecular weight excluding hydrogens is 1380 g/mol. The standard InChI is InChI=1S/4C22H28O3S/c4*1-3-5-15-22(4-2)16-25-26(24)19-14-10-9-13-18(19)20(21(22)23)17-11-7-6-8-12-17/h4*6-14,20-21,23H,3-5,15-16H2,1-2H3/t20-,21+,22+,26?;20-,21+,22-,26?;20-,21-,22+,26?;20-,21-,22-,26?/m0101/s1. The van der Waals surface area contributed by atoms with E-state index in [4.69, 9.17) is 16.7 Å². The van der Waals surface area contributed by atoms with Crippen LogP contribution in [0.5, 0.6) is 0 Å². The summed E-state index contributed by atoms with van der Waals surface area (Å²) >= 11 is -6.07. The van der Waals surface area contributed by atoms with Crippen LogP contribution in [0.2, 0.25) is 0 Å². The van der Waals surface area contributed by atoms with Gasteiger partial charge in [-0.15, -0.1) is 0 Å². The number of hydrogen-bond acceptors (Lipinski definition) is 12. The van der Waals surface area contributed by atoms with Crippen molar-refractivity contribution < 1.29 is 54.0 Å². The smallest absolute Gasteiger partial charge is 0.189 e. The Morgan fingerprint density at radius 3 is 0.625 bits per heavy atom. The molecule has 0 radical (unpaired) electrons. The van der Waals surface area contributed by atoms with E-state index >= 15 is 0 Å². The molecule has 4 heterocycles. The average molecular weight is 1490 g/mol. The molecule has 0 fully saturated rings. The van der Waals surface area contributed by atoms with Crippen LogP contribution in [0.4, 0.5) is 0 Å². The van der Waals surface area contributed by atoms with E-state index < -0.39 is 90.4 Å². The Balaban J connectivity index is 0.000000161. The maximum Gasteiger partial charge on any atom is 0.189 e. The van der Waals surface area contributed by atoms with Crippen molar-refractivity contribution in [1.82, 2.24) is 0 Å². The predicted molar refractivity (Wildman–Crippen MR) is 421 cm³/mol. The molecule has 104 heavy (non-hydrogen) atoms. The topological polar surface area (TPSA) is 186 Å². The summed E-state index contributed by atoms with van der Waals surface area (Å²) in [5, 5.41) is 46.5. The number of fused-ring (bicyclic) bond motifs is 4. The Hall–Kier alpha value is -5.96. The van der Waals surface area contributed by atoms with E-state index in [2.05, 4.69) is 104 Å². The third-order valence-electron chi connectivity index (χ3n) is 22.9. The number of aliphatic hydroxyl groups excluding tert-OH is 4. The lowest BCUT2D eigenvalue weighted by Gasteiger charge is -2.43. The lowest BCUT2D eigenvalue weighted by atomic mass is 9.68. The Morgan fingerprint density at radius 2 is 0.452 bits per heavy atom. The SMILES string of the molecule is CCCC[C@]1(CC)COS(=O)c2ccccc2[C@@H](c2ccccc2)[C@@H]1O.CCCC[C@]1(CC)COS(=O)c2ccccc2[C@@H](c2ccccc2)[C@H]1O.CCCC[C@]1(CC)COS(=O)c2ccccc2[C@H](c2ccccc2)[C@@H]1O.CCCC[C@]1(CC)COS(=O)c2ccccc2[C@H](c2ccccc2)[C@H]1O. The average Bonchev–Trinajstić information content (AvgIpc) is 0.785. The van der Waals surface area contributed by atoms with Gasteiger partial charge in [-0.05, 0) is 120 Å². The predicted octanol–water partition coefficient (Wildman–Crippen LogP) is 19.3. The van der Waals surface area contributed by atoms with E-state index in [-0.39, 0.29) is 23.7 Å². The first-order valence-electron chi connectivity index (χ1n) is 38.0. The Morgan fingerprint density at radius 1 is 0.279 bits per heavy atom. The van der Waals surface area contributed by atoms with Crippen LogP contribution in [-0.2, 0) is 61.1 Å². The van der Waals surface area contributed by atoms with Gasteiger partial charge < -0.3 is 20.4 Å². The highest BCUT2D eigenvalue weighted by Gasteiger charge is 2.49. The summed E-state index contributed by atoms with van der Waals surface area (Å²) in [4.78, 5) is 2.67. The molecule has 4 aliphatic rings. The van der Waals surface area contributed by atoms with E-state index in [0.29, 0.717) is 46.0 Å². The molecule has 8 aromatic rings. The summed E-state index contributed by atoms with van der Waals surface area (Å²) in [7, 11) is 0. The van der Waals surface area contributed by atoms with Gasteiger partial charge in [0.15, 0.2) is 44.3 Å². The minimum Gasteiger partial charge on any atom is -0.391 e. The quantitative estimate of drug-likeness (QED) is 0.0567. The molecule has 16 atom stereocenters. The van der Waals surface area contributed by atoms with Gasteiger partial charge in [0.1, 0.15) is 0 Å². The molecule has 4 aliphatic heterocycles. The molecule has 0 spiro atoms. The molecule has 4 unspecified atom stereocenters. The van der Waals surface area contributed by atoms with Crippen molar-refractivity contribution in [3.63, 3.8) is 0 Å². The van der Waals surface area contributed by atoms with E-state index in [9.17, 15) is 37.3 Å². The van der Waals surface area contributed by atoms with Crippen LogP contribution < -0.4 is 0 Å². The van der Waals surface area contributed by atoms with Gasteiger partial charge in [-0.25, -0.2) is 16.8 Å². The first-order chi connectivity index (χ1) is 50.5. The Kier molecular flexibility index (Phi) is 31.4. The zero-order valence-corrected chi connectivity index (χ0v) is 65.5. The van der Waals surface area contributed by atoms with Crippen molar-refractivity contribution in [1.29, 1.82) is 0 Å². The minimum atomic E-state index is -1.52. The van der Waals surface area contributed by atoms with Crippen LogP contribution in [0.1, 0.15) is 226 Å². The molecule has 0 bridgehead atoms. The molecule has 8 aromatic carbocycles. The lowest BCUT2D eigenvalue weighted by Crippen LogP contribution is -2.44. The second kappa shape index (κ2) is 39.8. The molecule has 0 saturated carbocycles. The van der Waals surface area contributed by atoms with Crippen molar-refractivity contribution in [2.45, 2.75) is 226 Å². The molecular formula is C88H112O12S4. The van der Waals surface area contributed by atoms with Crippen LogP contribution in [0.15, 0.2) is 238 Å². The van der Waals surface area contributed by atoms with Gasteiger partial charge in [-0.3, -0.25) is 16.7 Å². The normalized spacial score (nSPS) is 28.8. The van der Waals surface area contributed by atoms with Gasteiger partial charge in [-0.1, -0.05) is 301 Å². The highest BCUT2D eigenvalue weighted by Crippen LogP contribution is 2.51. The van der Waals surface area contributed by atoms with Crippen molar-refractivity contribution in [2.75, 3.05) is 26.4 Å². The van der Waals surface area contributed by atoms with Gasteiger partial charge in [0, 0.05) is 45.3 Å². The van der Waals surface area contributed by atoms with Crippen LogP contribution in [0.25, 0.3) is 0 Å². The molecule has 0 aliphatic carbocycles. The molecule has 0 aromatic heterocycles. The number of benzene rings is 8. The van der Waals surface area contributed by atoms with Crippen LogP contribution >= 0.6 is 0 Å². The number of hydrogen-bond donors (Lipinski definition) is 4. The fourth-order valence-corrected chi connectivity index (χ4v) is 20.2. The van der Waals surface area contributed by atoms with E-state index in [1.54, 1.807) is 0 Å². The maximum absolute atomic E-state index is 12.8. The first-order valence-corrected chi connectivity index (χ1v) is 42.3. The molecule has 12 nitrogen and oxygen atoms in total. The van der Waals surface area contributed by atoms with Crippen LogP contribution in [0.3, 0.4) is 0 Å². The molecule has 0 amide bonds. The van der Waals surface area contributed by atoms with Crippen LogP contribution in [-0.4, -0.2) is 88.1 Å². The number of rotatable bonds is 20. The third kappa shape index (κ3) is 18.9. The van der Waals surface area contributed by atoms with E-state index in [1.807, 2.05) is 170 Å². The van der Waals surface area contributed by atoms with E-state index in [1.165, 1.54) is 0 Å². The van der Waals surface area contributed by atoms with Gasteiger partial charge in [0.2, 0.25) is 0 Å². The fourth-order valence-electron chi connectivity index (χ4n) is 16.0. The largest absolute Gasteiger partial charge is 0.391 e. The lowest BCUT2D eigenvalue weighted by molar-refractivity contribution is -0.0297. The summed E-state index contributed by atoms with van der Waals surface area (Å²) in [6.45, 7) is 18.3. The van der Waals surface area contributed by atoms with Gasteiger partial charge in [0.25, 0.3) is 0 Å².